The van der Waals surface area contributed by atoms with E-state index in [2.05, 4.69) is 20.9 Å². The van der Waals surface area contributed by atoms with Crippen LogP contribution >= 0.6 is 38.9 Å². The fourth-order valence-corrected chi connectivity index (χ4v) is 3.96. The Morgan fingerprint density at radius 3 is 2.37 bits per heavy atom. The molecule has 0 radical (unpaired) electrons. The quantitative estimate of drug-likeness (QED) is 0.872. The Morgan fingerprint density at radius 1 is 1.32 bits per heavy atom. The minimum Gasteiger partial charge on any atom is -0.273 e. The van der Waals surface area contributed by atoms with Gasteiger partial charge in [0.25, 0.3) is 10.0 Å². The molecule has 2 aromatic rings. The number of aromatic nitrogens is 1. The van der Waals surface area contributed by atoms with E-state index in [1.54, 1.807) is 0 Å². The lowest BCUT2D eigenvalue weighted by atomic mass is 10.3. The van der Waals surface area contributed by atoms with Crippen molar-refractivity contribution < 1.29 is 17.2 Å². The smallest absolute Gasteiger partial charge is 0.273 e. The highest BCUT2D eigenvalue weighted by atomic mass is 79.9. The summed E-state index contributed by atoms with van der Waals surface area (Å²) >= 11 is 9.08. The molecule has 0 atom stereocenters. The van der Waals surface area contributed by atoms with Crippen LogP contribution in [0.4, 0.5) is 14.5 Å². The molecular weight excluding hydrogens is 386 g/mol. The summed E-state index contributed by atoms with van der Waals surface area (Å²) in [6.07, 6.45) is 1.00. The highest BCUT2D eigenvalue weighted by molar-refractivity contribution is 9.10. The molecule has 0 amide bonds. The van der Waals surface area contributed by atoms with Crippen LogP contribution in [0.5, 0.6) is 0 Å². The van der Waals surface area contributed by atoms with E-state index in [-0.39, 0.29) is 13.1 Å². The average molecular weight is 390 g/mol. The summed E-state index contributed by atoms with van der Waals surface area (Å²) in [6, 6.07) is 1.89. The molecule has 0 aliphatic heterocycles. The fourth-order valence-electron chi connectivity index (χ4n) is 1.19. The van der Waals surface area contributed by atoms with Gasteiger partial charge in [0.2, 0.25) is 0 Å². The molecule has 0 saturated carbocycles. The zero-order valence-corrected chi connectivity index (χ0v) is 12.8. The second-order valence-electron chi connectivity index (χ2n) is 3.28. The Bertz CT molecular complexity index is 713. The molecule has 1 aromatic heterocycles. The molecule has 0 fully saturated rings. The predicted molar refractivity (Wildman–Crippen MR) is 72.0 cm³/mol. The third-order valence-corrected chi connectivity index (χ3v) is 5.35. The van der Waals surface area contributed by atoms with Crippen molar-refractivity contribution in [2.45, 2.75) is 4.21 Å². The van der Waals surface area contributed by atoms with Crippen LogP contribution in [0.2, 0.25) is 4.47 Å². The van der Waals surface area contributed by atoms with Crippen LogP contribution < -0.4 is 4.72 Å². The van der Waals surface area contributed by atoms with E-state index in [9.17, 15) is 17.2 Å². The van der Waals surface area contributed by atoms with E-state index < -0.39 is 27.3 Å². The van der Waals surface area contributed by atoms with Gasteiger partial charge in [0.05, 0.1) is 6.20 Å². The van der Waals surface area contributed by atoms with Crippen molar-refractivity contribution in [3.05, 3.63) is 38.9 Å². The second-order valence-corrected chi connectivity index (χ2v) is 7.72. The van der Waals surface area contributed by atoms with Gasteiger partial charge in [0, 0.05) is 4.47 Å². The Morgan fingerprint density at radius 2 is 1.89 bits per heavy atom. The van der Waals surface area contributed by atoms with Crippen LogP contribution in [-0.2, 0) is 10.0 Å². The Hall–Kier alpha value is -0.770. The van der Waals surface area contributed by atoms with Gasteiger partial charge in [-0.2, -0.15) is 0 Å². The molecule has 0 aliphatic rings. The van der Waals surface area contributed by atoms with Gasteiger partial charge >= 0.3 is 0 Å². The van der Waals surface area contributed by atoms with Crippen LogP contribution in [0.25, 0.3) is 0 Å². The Labute approximate surface area is 124 Å². The molecule has 0 aliphatic carbocycles. The fraction of sp³-hybridized carbons (Fsp3) is 0. The van der Waals surface area contributed by atoms with Gasteiger partial charge in [-0.25, -0.2) is 22.2 Å². The summed E-state index contributed by atoms with van der Waals surface area (Å²) in [5.41, 5.74) is -0.757. The van der Waals surface area contributed by atoms with Gasteiger partial charge in [-0.15, -0.1) is 0 Å². The van der Waals surface area contributed by atoms with E-state index in [4.69, 9.17) is 11.6 Å². The summed E-state index contributed by atoms with van der Waals surface area (Å²) in [5, 5.41) is 0. The predicted octanol–water partition coefficient (Wildman–Crippen LogP) is 3.64. The normalized spacial score (nSPS) is 11.6. The first-order chi connectivity index (χ1) is 8.79. The SMILES string of the molecule is O=S(=O)(Nc1c(F)cc(Br)cc1F)c1cnc(Cl)s1. The topological polar surface area (TPSA) is 59.1 Å². The number of sulfonamides is 1. The first-order valence-corrected chi connectivity index (χ1v) is 8.05. The van der Waals surface area contributed by atoms with Gasteiger partial charge in [-0.05, 0) is 12.1 Å². The standard InChI is InChI=1S/C9H4BrClF2N2O2S2/c10-4-1-5(12)8(6(13)2-4)15-19(16,17)7-3-14-9(11)18-7/h1-3,15H. The monoisotopic (exact) mass is 388 g/mol. The lowest BCUT2D eigenvalue weighted by Crippen LogP contribution is -2.14. The van der Waals surface area contributed by atoms with Gasteiger partial charge in [0.1, 0.15) is 5.69 Å². The van der Waals surface area contributed by atoms with Crippen LogP contribution in [0.1, 0.15) is 0 Å². The summed E-state index contributed by atoms with van der Waals surface area (Å²) < 4.78 is 52.5. The number of nitrogens with zero attached hydrogens (tertiary/aromatic N) is 1. The summed E-state index contributed by atoms with van der Waals surface area (Å²) in [5.74, 6) is -2.07. The number of halogens is 4. The largest absolute Gasteiger partial charge is 0.273 e. The van der Waals surface area contributed by atoms with Crippen LogP contribution in [0.15, 0.2) is 27.0 Å². The number of rotatable bonds is 3. The molecule has 1 heterocycles. The highest BCUT2D eigenvalue weighted by Crippen LogP contribution is 2.28. The van der Waals surface area contributed by atoms with E-state index in [1.807, 2.05) is 4.72 Å². The summed E-state index contributed by atoms with van der Waals surface area (Å²) in [4.78, 5) is 3.55. The van der Waals surface area contributed by atoms with Gasteiger partial charge < -0.3 is 0 Å². The van der Waals surface area contributed by atoms with Crippen molar-refractivity contribution in [1.29, 1.82) is 0 Å². The molecular formula is C9H4BrClF2N2O2S2. The lowest BCUT2D eigenvalue weighted by Gasteiger charge is -2.08. The number of hydrogen-bond donors (Lipinski definition) is 1. The zero-order chi connectivity index (χ0) is 14.2. The molecule has 0 saturated heterocycles. The van der Waals surface area contributed by atoms with Crippen molar-refractivity contribution in [2.24, 2.45) is 0 Å². The van der Waals surface area contributed by atoms with Crippen molar-refractivity contribution in [3.63, 3.8) is 0 Å². The van der Waals surface area contributed by atoms with E-state index >= 15 is 0 Å². The molecule has 19 heavy (non-hydrogen) atoms. The van der Waals surface area contributed by atoms with Crippen LogP contribution in [0, 0.1) is 11.6 Å². The average Bonchev–Trinajstić information content (AvgIpc) is 2.71. The minimum absolute atomic E-state index is 0.0112. The molecule has 0 bridgehead atoms. The molecule has 10 heteroatoms. The first kappa shape index (κ1) is 14.6. The molecule has 4 nitrogen and oxygen atoms in total. The third-order valence-electron chi connectivity index (χ3n) is 1.96. The number of hydrogen-bond acceptors (Lipinski definition) is 4. The van der Waals surface area contributed by atoms with Crippen LogP contribution in [0.3, 0.4) is 0 Å². The summed E-state index contributed by atoms with van der Waals surface area (Å²) in [7, 11) is -4.12. The molecule has 2 rings (SSSR count). The van der Waals surface area contributed by atoms with Crippen molar-refractivity contribution in [2.75, 3.05) is 4.72 Å². The molecule has 1 N–H and O–H groups in total. The molecule has 102 valence electrons. The number of thiazole rings is 1. The maximum atomic E-state index is 13.5. The van der Waals surface area contributed by atoms with Crippen molar-refractivity contribution in [3.8, 4) is 0 Å². The van der Waals surface area contributed by atoms with Crippen LogP contribution in [-0.4, -0.2) is 13.4 Å². The maximum absolute atomic E-state index is 13.5. The number of anilines is 1. The molecule has 0 unspecified atom stereocenters. The second kappa shape index (κ2) is 5.31. The van der Waals surface area contributed by atoms with E-state index in [1.165, 1.54) is 0 Å². The van der Waals surface area contributed by atoms with Gasteiger partial charge in [-0.3, -0.25) is 4.72 Å². The van der Waals surface area contributed by atoms with E-state index in [0.717, 1.165) is 18.3 Å². The minimum atomic E-state index is -4.12. The van der Waals surface area contributed by atoms with Crippen molar-refractivity contribution in [1.82, 2.24) is 4.98 Å². The summed E-state index contributed by atoms with van der Waals surface area (Å²) in [6.45, 7) is 0. The molecule has 0 spiro atoms. The number of benzene rings is 1. The molecule has 1 aromatic carbocycles. The first-order valence-electron chi connectivity index (χ1n) is 4.58. The van der Waals surface area contributed by atoms with E-state index in [0.29, 0.717) is 11.3 Å². The maximum Gasteiger partial charge on any atom is 0.273 e. The zero-order valence-electron chi connectivity index (χ0n) is 8.82. The van der Waals surface area contributed by atoms with Crippen molar-refractivity contribution >= 4 is 54.6 Å². The highest BCUT2D eigenvalue weighted by Gasteiger charge is 2.22. The van der Waals surface area contributed by atoms with Gasteiger partial charge in [0.15, 0.2) is 20.3 Å². The lowest BCUT2D eigenvalue weighted by molar-refractivity contribution is 0.582. The van der Waals surface area contributed by atoms with Gasteiger partial charge in [-0.1, -0.05) is 38.9 Å². The number of nitrogens with one attached hydrogen (secondary N) is 1. The Balaban J connectivity index is 2.41. The Kier molecular flexibility index (Phi) is 4.09. The third kappa shape index (κ3) is 3.22.